The number of fused-ring (bicyclic) bond motifs is 1. The first-order chi connectivity index (χ1) is 10.3. The molecule has 0 amide bonds. The molecule has 21 heavy (non-hydrogen) atoms. The molecule has 0 spiro atoms. The summed E-state index contributed by atoms with van der Waals surface area (Å²) in [6.45, 7) is 1.97. The highest BCUT2D eigenvalue weighted by molar-refractivity contribution is 6.34. The Kier molecular flexibility index (Phi) is 3.12. The van der Waals surface area contributed by atoms with E-state index in [1.54, 1.807) is 4.68 Å². The second-order valence-corrected chi connectivity index (χ2v) is 5.52. The number of benzene rings is 1. The lowest BCUT2D eigenvalue weighted by atomic mass is 9.98. The average Bonchev–Trinajstić information content (AvgIpc) is 3.14. The van der Waals surface area contributed by atoms with E-state index in [0.717, 1.165) is 36.8 Å². The van der Waals surface area contributed by atoms with Crippen LogP contribution in [0.5, 0.6) is 0 Å². The van der Waals surface area contributed by atoms with Crippen LogP contribution in [0, 0.1) is 0 Å². The maximum absolute atomic E-state index is 6.15. The summed E-state index contributed by atoms with van der Waals surface area (Å²) >= 11 is 6.15. The van der Waals surface area contributed by atoms with Gasteiger partial charge in [0.1, 0.15) is 0 Å². The van der Waals surface area contributed by atoms with Crippen molar-refractivity contribution in [3.05, 3.63) is 35.3 Å². The molecular weight excluding hydrogens is 290 g/mol. The number of para-hydroxylation sites is 1. The smallest absolute Gasteiger partial charge is 0.344 e. The van der Waals surface area contributed by atoms with Gasteiger partial charge in [0.05, 0.1) is 5.52 Å². The molecule has 1 aliphatic heterocycles. The van der Waals surface area contributed by atoms with Crippen molar-refractivity contribution in [3.63, 3.8) is 0 Å². The maximum Gasteiger partial charge on any atom is 0.344 e. The molecule has 3 aromatic rings. The number of hydrogen-bond donors (Lipinski definition) is 1. The summed E-state index contributed by atoms with van der Waals surface area (Å²) in [6.07, 6.45) is 2.03. The topological polar surface area (TPSA) is 68.8 Å². The molecule has 0 saturated carbocycles. The molecule has 0 radical (unpaired) electrons. The Hall–Kier alpha value is -1.92. The Labute approximate surface area is 126 Å². The molecule has 1 aliphatic rings. The molecule has 1 aromatic carbocycles. The van der Waals surface area contributed by atoms with Crippen LogP contribution in [0.2, 0.25) is 5.15 Å². The van der Waals surface area contributed by atoms with E-state index >= 15 is 0 Å². The van der Waals surface area contributed by atoms with Gasteiger partial charge in [-0.05, 0) is 38.1 Å². The van der Waals surface area contributed by atoms with Gasteiger partial charge in [0.15, 0.2) is 5.15 Å². The fourth-order valence-electron chi connectivity index (χ4n) is 2.72. The van der Waals surface area contributed by atoms with Crippen LogP contribution in [0.4, 0.5) is 0 Å². The normalized spacial score (nSPS) is 16.6. The Morgan fingerprint density at radius 2 is 2.00 bits per heavy atom. The molecular formula is C14H14ClN5O. The van der Waals surface area contributed by atoms with Gasteiger partial charge in [-0.1, -0.05) is 28.8 Å². The van der Waals surface area contributed by atoms with Crippen molar-refractivity contribution in [1.29, 1.82) is 0 Å². The van der Waals surface area contributed by atoms with E-state index in [0.29, 0.717) is 23.0 Å². The van der Waals surface area contributed by atoms with E-state index < -0.39 is 0 Å². The Morgan fingerprint density at radius 1 is 1.19 bits per heavy atom. The molecule has 0 unspecified atom stereocenters. The molecule has 2 aromatic heterocycles. The van der Waals surface area contributed by atoms with Gasteiger partial charge in [-0.2, -0.15) is 9.78 Å². The summed E-state index contributed by atoms with van der Waals surface area (Å²) in [5, 5.41) is 17.2. The SMILES string of the molecule is Clc1nn(-c2nnc(C3CCNCC3)o2)c2ccccc12. The highest BCUT2D eigenvalue weighted by atomic mass is 35.5. The quantitative estimate of drug-likeness (QED) is 0.788. The minimum absolute atomic E-state index is 0.324. The van der Waals surface area contributed by atoms with Crippen LogP contribution in [0.3, 0.4) is 0 Å². The number of halogens is 1. The standard InChI is InChI=1S/C14H14ClN5O/c15-12-10-3-1-2-4-11(10)20(19-12)14-18-17-13(21-14)9-5-7-16-8-6-9/h1-4,9,16H,5-8H2. The Balaban J connectivity index is 1.74. The van der Waals surface area contributed by atoms with E-state index in [-0.39, 0.29) is 0 Å². The van der Waals surface area contributed by atoms with Gasteiger partial charge in [-0.3, -0.25) is 0 Å². The van der Waals surface area contributed by atoms with Crippen LogP contribution in [-0.4, -0.2) is 33.1 Å². The number of aromatic nitrogens is 4. The number of piperidine rings is 1. The Bertz CT molecular complexity index is 775. The van der Waals surface area contributed by atoms with Crippen molar-refractivity contribution < 1.29 is 4.42 Å². The van der Waals surface area contributed by atoms with Gasteiger partial charge in [0, 0.05) is 11.3 Å². The lowest BCUT2D eigenvalue weighted by molar-refractivity contribution is 0.368. The highest BCUT2D eigenvalue weighted by Gasteiger charge is 2.22. The summed E-state index contributed by atoms with van der Waals surface area (Å²) in [4.78, 5) is 0. The largest absolute Gasteiger partial charge is 0.406 e. The molecule has 1 N–H and O–H groups in total. The first kappa shape index (κ1) is 12.8. The van der Waals surface area contributed by atoms with Crippen molar-refractivity contribution in [3.8, 4) is 6.01 Å². The van der Waals surface area contributed by atoms with E-state index in [1.165, 1.54) is 0 Å². The molecule has 7 heteroatoms. The van der Waals surface area contributed by atoms with Crippen LogP contribution in [-0.2, 0) is 0 Å². The Morgan fingerprint density at radius 3 is 2.86 bits per heavy atom. The highest BCUT2D eigenvalue weighted by Crippen LogP contribution is 2.27. The first-order valence-corrected chi connectivity index (χ1v) is 7.38. The van der Waals surface area contributed by atoms with Gasteiger partial charge in [-0.15, -0.1) is 5.10 Å². The number of nitrogens with zero attached hydrogens (tertiary/aromatic N) is 4. The summed E-state index contributed by atoms with van der Waals surface area (Å²) in [5.74, 6) is 1.01. The van der Waals surface area contributed by atoms with E-state index in [9.17, 15) is 0 Å². The lowest BCUT2D eigenvalue weighted by Gasteiger charge is -2.18. The third kappa shape index (κ3) is 2.20. The molecule has 0 aliphatic carbocycles. The van der Waals surface area contributed by atoms with E-state index in [2.05, 4.69) is 20.6 Å². The zero-order valence-electron chi connectivity index (χ0n) is 11.3. The molecule has 6 nitrogen and oxygen atoms in total. The van der Waals surface area contributed by atoms with Crippen LogP contribution in [0.25, 0.3) is 16.9 Å². The zero-order chi connectivity index (χ0) is 14.2. The number of rotatable bonds is 2. The van der Waals surface area contributed by atoms with Crippen molar-refractivity contribution >= 4 is 22.5 Å². The zero-order valence-corrected chi connectivity index (χ0v) is 12.0. The minimum atomic E-state index is 0.324. The monoisotopic (exact) mass is 303 g/mol. The summed E-state index contributed by atoms with van der Waals surface area (Å²) < 4.78 is 7.43. The molecule has 108 valence electrons. The van der Waals surface area contributed by atoms with Crippen molar-refractivity contribution in [2.45, 2.75) is 18.8 Å². The second-order valence-electron chi connectivity index (χ2n) is 5.17. The number of nitrogens with one attached hydrogen (secondary N) is 1. The van der Waals surface area contributed by atoms with E-state index in [1.807, 2.05) is 24.3 Å². The van der Waals surface area contributed by atoms with Gasteiger partial charge in [-0.25, -0.2) is 0 Å². The maximum atomic E-state index is 6.15. The van der Waals surface area contributed by atoms with Gasteiger partial charge in [0.25, 0.3) is 0 Å². The van der Waals surface area contributed by atoms with E-state index in [4.69, 9.17) is 16.0 Å². The molecule has 0 bridgehead atoms. The lowest BCUT2D eigenvalue weighted by Crippen LogP contribution is -2.26. The average molecular weight is 304 g/mol. The van der Waals surface area contributed by atoms with Crippen LogP contribution >= 0.6 is 11.6 Å². The number of hydrogen-bond acceptors (Lipinski definition) is 5. The fraction of sp³-hybridized carbons (Fsp3) is 0.357. The molecule has 3 heterocycles. The summed E-state index contributed by atoms with van der Waals surface area (Å²) in [7, 11) is 0. The molecule has 0 atom stereocenters. The molecule has 1 saturated heterocycles. The van der Waals surface area contributed by atoms with Crippen molar-refractivity contribution in [2.24, 2.45) is 0 Å². The predicted octanol–water partition coefficient (Wildman–Crippen LogP) is 2.53. The van der Waals surface area contributed by atoms with Crippen molar-refractivity contribution in [1.82, 2.24) is 25.3 Å². The summed E-state index contributed by atoms with van der Waals surface area (Å²) in [6, 6.07) is 8.08. The van der Waals surface area contributed by atoms with Crippen LogP contribution in [0.1, 0.15) is 24.7 Å². The first-order valence-electron chi connectivity index (χ1n) is 7.00. The minimum Gasteiger partial charge on any atom is -0.406 e. The van der Waals surface area contributed by atoms with Crippen LogP contribution < -0.4 is 5.32 Å². The van der Waals surface area contributed by atoms with Gasteiger partial charge in [0.2, 0.25) is 5.89 Å². The molecule has 4 rings (SSSR count). The van der Waals surface area contributed by atoms with Crippen molar-refractivity contribution in [2.75, 3.05) is 13.1 Å². The van der Waals surface area contributed by atoms with Crippen LogP contribution in [0.15, 0.2) is 28.7 Å². The second kappa shape index (κ2) is 5.13. The predicted molar refractivity (Wildman–Crippen MR) is 78.8 cm³/mol. The summed E-state index contributed by atoms with van der Waals surface area (Å²) in [5.41, 5.74) is 0.864. The molecule has 1 fully saturated rings. The third-order valence-electron chi connectivity index (χ3n) is 3.84. The van der Waals surface area contributed by atoms with Gasteiger partial charge < -0.3 is 9.73 Å². The fourth-order valence-corrected chi connectivity index (χ4v) is 2.96. The third-order valence-corrected chi connectivity index (χ3v) is 4.12. The van der Waals surface area contributed by atoms with Gasteiger partial charge >= 0.3 is 6.01 Å².